The highest BCUT2D eigenvalue weighted by Crippen LogP contribution is 2.20. The Morgan fingerprint density at radius 2 is 1.56 bits per heavy atom. The van der Waals surface area contributed by atoms with Crippen LogP contribution in [-0.4, -0.2) is 5.11 Å². The van der Waals surface area contributed by atoms with Gasteiger partial charge in [-0.1, -0.05) is 76.6 Å². The van der Waals surface area contributed by atoms with Crippen LogP contribution < -0.4 is 0 Å². The van der Waals surface area contributed by atoms with Gasteiger partial charge < -0.3 is 5.11 Å². The second-order valence-electron chi connectivity index (χ2n) is 5.21. The first-order valence-corrected chi connectivity index (χ1v) is 7.54. The Morgan fingerprint density at radius 3 is 2.17 bits per heavy atom. The summed E-state index contributed by atoms with van der Waals surface area (Å²) in [6, 6.07) is 8.47. The Hall–Kier alpha value is -0.820. The molecule has 0 spiro atoms. The minimum atomic E-state index is -0.276. The zero-order chi connectivity index (χ0) is 13.2. The van der Waals surface area contributed by atoms with E-state index in [2.05, 4.69) is 38.1 Å². The van der Waals surface area contributed by atoms with E-state index in [-0.39, 0.29) is 6.10 Å². The number of aryl methyl sites for hydroxylation is 1. The Kier molecular flexibility index (Phi) is 7.75. The van der Waals surface area contributed by atoms with E-state index in [0.29, 0.717) is 0 Å². The van der Waals surface area contributed by atoms with E-state index in [1.165, 1.54) is 37.7 Å². The number of benzene rings is 1. The summed E-state index contributed by atoms with van der Waals surface area (Å²) in [5.74, 6) is 0. The average molecular weight is 248 g/mol. The summed E-state index contributed by atoms with van der Waals surface area (Å²) in [5, 5.41) is 10.1. The first-order valence-electron chi connectivity index (χ1n) is 7.54. The first-order chi connectivity index (χ1) is 8.77. The normalized spacial score (nSPS) is 12.6. The second-order valence-corrected chi connectivity index (χ2v) is 5.21. The van der Waals surface area contributed by atoms with Crippen molar-refractivity contribution in [1.82, 2.24) is 0 Å². The largest absolute Gasteiger partial charge is 0.388 e. The van der Waals surface area contributed by atoms with E-state index in [1.54, 1.807) is 0 Å². The third-order valence-corrected chi connectivity index (χ3v) is 3.48. The maximum absolute atomic E-state index is 10.1. The third-order valence-electron chi connectivity index (χ3n) is 3.48. The molecule has 1 atom stereocenters. The summed E-state index contributed by atoms with van der Waals surface area (Å²) in [6.07, 6.45) is 9.23. The monoisotopic (exact) mass is 248 g/mol. The molecule has 0 saturated heterocycles. The van der Waals surface area contributed by atoms with Crippen molar-refractivity contribution >= 4 is 0 Å². The standard InChI is InChI=1S/C17H28O/c1-3-5-6-7-8-10-17(18)16-13-11-15(9-4-2)12-14-16/h11-14,17-18H,3-10H2,1-2H3. The van der Waals surface area contributed by atoms with Gasteiger partial charge in [0.1, 0.15) is 0 Å². The van der Waals surface area contributed by atoms with Gasteiger partial charge in [0.05, 0.1) is 6.10 Å². The minimum absolute atomic E-state index is 0.276. The van der Waals surface area contributed by atoms with Crippen LogP contribution in [0.2, 0.25) is 0 Å². The molecule has 0 aromatic heterocycles. The number of aliphatic hydroxyl groups excluding tert-OH is 1. The van der Waals surface area contributed by atoms with Crippen LogP contribution >= 0.6 is 0 Å². The second kappa shape index (κ2) is 9.16. The van der Waals surface area contributed by atoms with E-state index >= 15 is 0 Å². The maximum atomic E-state index is 10.1. The van der Waals surface area contributed by atoms with E-state index in [0.717, 1.165) is 24.8 Å². The van der Waals surface area contributed by atoms with Gasteiger partial charge in [-0.05, 0) is 24.0 Å². The third kappa shape index (κ3) is 5.68. The zero-order valence-electron chi connectivity index (χ0n) is 12.0. The smallest absolute Gasteiger partial charge is 0.0790 e. The van der Waals surface area contributed by atoms with Crippen molar-refractivity contribution in [2.24, 2.45) is 0 Å². The van der Waals surface area contributed by atoms with E-state index in [9.17, 15) is 5.11 Å². The quantitative estimate of drug-likeness (QED) is 0.607. The Morgan fingerprint density at radius 1 is 0.889 bits per heavy atom. The van der Waals surface area contributed by atoms with Crippen LogP contribution in [0.1, 0.15) is 76.0 Å². The van der Waals surface area contributed by atoms with Crippen LogP contribution in [0.3, 0.4) is 0 Å². The minimum Gasteiger partial charge on any atom is -0.388 e. The molecule has 0 aliphatic rings. The van der Waals surface area contributed by atoms with Crippen molar-refractivity contribution in [3.05, 3.63) is 35.4 Å². The Bertz CT molecular complexity index is 302. The lowest BCUT2D eigenvalue weighted by Crippen LogP contribution is -1.97. The fourth-order valence-corrected chi connectivity index (χ4v) is 2.30. The topological polar surface area (TPSA) is 20.2 Å². The van der Waals surface area contributed by atoms with Gasteiger partial charge in [0, 0.05) is 0 Å². The summed E-state index contributed by atoms with van der Waals surface area (Å²) in [6.45, 7) is 4.42. The Balaban J connectivity index is 2.30. The molecule has 18 heavy (non-hydrogen) atoms. The molecule has 0 bridgehead atoms. The molecule has 1 aromatic rings. The van der Waals surface area contributed by atoms with Crippen molar-refractivity contribution < 1.29 is 5.11 Å². The van der Waals surface area contributed by atoms with Crippen LogP contribution in [-0.2, 0) is 6.42 Å². The van der Waals surface area contributed by atoms with Crippen LogP contribution in [0, 0.1) is 0 Å². The number of hydrogen-bond donors (Lipinski definition) is 1. The van der Waals surface area contributed by atoms with Gasteiger partial charge in [0.15, 0.2) is 0 Å². The summed E-state index contributed by atoms with van der Waals surface area (Å²) in [4.78, 5) is 0. The highest BCUT2D eigenvalue weighted by Gasteiger charge is 2.06. The molecular formula is C17H28O. The van der Waals surface area contributed by atoms with Crippen molar-refractivity contribution in [1.29, 1.82) is 0 Å². The molecule has 1 heteroatoms. The van der Waals surface area contributed by atoms with Gasteiger partial charge in [-0.25, -0.2) is 0 Å². The van der Waals surface area contributed by atoms with Crippen molar-refractivity contribution in [3.8, 4) is 0 Å². The molecule has 1 N–H and O–H groups in total. The molecule has 0 saturated carbocycles. The molecule has 0 aliphatic heterocycles. The molecule has 1 aromatic carbocycles. The fraction of sp³-hybridized carbons (Fsp3) is 0.647. The molecule has 0 radical (unpaired) electrons. The van der Waals surface area contributed by atoms with Gasteiger partial charge in [-0.3, -0.25) is 0 Å². The fourth-order valence-electron chi connectivity index (χ4n) is 2.30. The van der Waals surface area contributed by atoms with Crippen LogP contribution in [0.25, 0.3) is 0 Å². The molecular weight excluding hydrogens is 220 g/mol. The molecule has 0 heterocycles. The van der Waals surface area contributed by atoms with Gasteiger partial charge in [-0.2, -0.15) is 0 Å². The molecule has 1 rings (SSSR count). The maximum Gasteiger partial charge on any atom is 0.0790 e. The molecule has 102 valence electrons. The van der Waals surface area contributed by atoms with Crippen molar-refractivity contribution in [2.45, 2.75) is 71.3 Å². The summed E-state index contributed by atoms with van der Waals surface area (Å²) < 4.78 is 0. The number of unbranched alkanes of at least 4 members (excludes halogenated alkanes) is 4. The zero-order valence-corrected chi connectivity index (χ0v) is 12.0. The van der Waals surface area contributed by atoms with E-state index in [4.69, 9.17) is 0 Å². The van der Waals surface area contributed by atoms with Gasteiger partial charge in [0.2, 0.25) is 0 Å². The number of aliphatic hydroxyl groups is 1. The highest BCUT2D eigenvalue weighted by atomic mass is 16.3. The van der Waals surface area contributed by atoms with Crippen LogP contribution in [0.15, 0.2) is 24.3 Å². The molecule has 0 amide bonds. The predicted molar refractivity (Wildman–Crippen MR) is 78.8 cm³/mol. The number of hydrogen-bond acceptors (Lipinski definition) is 1. The lowest BCUT2D eigenvalue weighted by atomic mass is 10.00. The van der Waals surface area contributed by atoms with E-state index in [1.807, 2.05) is 0 Å². The average Bonchev–Trinajstić information content (AvgIpc) is 2.39. The molecule has 0 aliphatic carbocycles. The summed E-state index contributed by atoms with van der Waals surface area (Å²) in [7, 11) is 0. The van der Waals surface area contributed by atoms with Crippen molar-refractivity contribution in [3.63, 3.8) is 0 Å². The van der Waals surface area contributed by atoms with Gasteiger partial charge in [0.25, 0.3) is 0 Å². The first kappa shape index (κ1) is 15.2. The summed E-state index contributed by atoms with van der Waals surface area (Å²) >= 11 is 0. The SMILES string of the molecule is CCCCCCCC(O)c1ccc(CCC)cc1. The predicted octanol–water partition coefficient (Wildman–Crippen LogP) is 5.03. The lowest BCUT2D eigenvalue weighted by molar-refractivity contribution is 0.163. The summed E-state index contributed by atoms with van der Waals surface area (Å²) in [5.41, 5.74) is 2.45. The Labute approximate surface area is 112 Å². The van der Waals surface area contributed by atoms with E-state index < -0.39 is 0 Å². The molecule has 1 unspecified atom stereocenters. The lowest BCUT2D eigenvalue weighted by Gasteiger charge is -2.11. The molecule has 0 fully saturated rings. The molecule has 1 nitrogen and oxygen atoms in total. The van der Waals surface area contributed by atoms with Crippen LogP contribution in [0.4, 0.5) is 0 Å². The van der Waals surface area contributed by atoms with Crippen LogP contribution in [0.5, 0.6) is 0 Å². The van der Waals surface area contributed by atoms with Crippen molar-refractivity contribution in [2.75, 3.05) is 0 Å². The number of rotatable bonds is 9. The highest BCUT2D eigenvalue weighted by molar-refractivity contribution is 5.24. The van der Waals surface area contributed by atoms with Gasteiger partial charge >= 0.3 is 0 Å². The van der Waals surface area contributed by atoms with Gasteiger partial charge in [-0.15, -0.1) is 0 Å².